The maximum Gasteiger partial charge on any atom is 0.230 e. The molecule has 0 aromatic carbocycles. The molecule has 0 bridgehead atoms. The number of hydrogen-bond donors (Lipinski definition) is 0. The van der Waals surface area contributed by atoms with Crippen LogP contribution in [0.3, 0.4) is 0 Å². The summed E-state index contributed by atoms with van der Waals surface area (Å²) < 4.78 is 1.62. The summed E-state index contributed by atoms with van der Waals surface area (Å²) in [6.07, 6.45) is 1.60. The van der Waals surface area contributed by atoms with E-state index >= 15 is 0 Å². The van der Waals surface area contributed by atoms with E-state index < -0.39 is 0 Å². The Hall–Kier alpha value is -1.16. The van der Waals surface area contributed by atoms with E-state index in [0.717, 1.165) is 11.3 Å². The molecule has 56 valence electrons. The lowest BCUT2D eigenvalue weighted by Crippen LogP contribution is -1.88. The Morgan fingerprint density at radius 3 is 3.09 bits per heavy atom. The minimum Gasteiger partial charge on any atom is -0.256 e. The maximum absolute atomic E-state index is 5.67. The number of fused-ring (bicyclic) bond motifs is 1. The van der Waals surface area contributed by atoms with Gasteiger partial charge >= 0.3 is 0 Å². The number of nitrogens with zero attached hydrogens (tertiary/aromatic N) is 4. The highest BCUT2D eigenvalue weighted by atomic mass is 35.5. The number of hydrogen-bond acceptors (Lipinski definition) is 3. The summed E-state index contributed by atoms with van der Waals surface area (Å²) in [7, 11) is 0. The van der Waals surface area contributed by atoms with Crippen molar-refractivity contribution in [3.63, 3.8) is 0 Å². The largest absolute Gasteiger partial charge is 0.256 e. The second-order valence-electron chi connectivity index (χ2n) is 2.23. The van der Waals surface area contributed by atoms with Gasteiger partial charge in [0.15, 0.2) is 5.65 Å². The third kappa shape index (κ3) is 0.952. The molecule has 0 saturated heterocycles. The molecule has 0 aliphatic heterocycles. The van der Waals surface area contributed by atoms with Gasteiger partial charge < -0.3 is 0 Å². The summed E-state index contributed by atoms with van der Waals surface area (Å²) in [5.74, 6) is 0. The molecular formula is C6H5ClN4. The Morgan fingerprint density at radius 1 is 1.45 bits per heavy atom. The highest BCUT2D eigenvalue weighted by molar-refractivity contribution is 6.28. The van der Waals surface area contributed by atoms with Crippen molar-refractivity contribution < 1.29 is 0 Å². The molecule has 0 saturated carbocycles. The lowest BCUT2D eigenvalue weighted by Gasteiger charge is -1.92. The summed E-state index contributed by atoms with van der Waals surface area (Å²) in [6, 6.07) is 1.82. The standard InChI is InChI=1S/C6H5ClN4/c1-4-2-5-9-10-6(7)11(5)3-8-4/h2-3H,1H3. The second kappa shape index (κ2) is 2.17. The molecule has 0 fully saturated rings. The lowest BCUT2D eigenvalue weighted by molar-refractivity contribution is 1.04. The molecule has 5 heteroatoms. The molecule has 2 heterocycles. The minimum absolute atomic E-state index is 0.340. The maximum atomic E-state index is 5.67. The highest BCUT2D eigenvalue weighted by Gasteiger charge is 2.00. The van der Waals surface area contributed by atoms with Gasteiger partial charge in [-0.2, -0.15) is 0 Å². The summed E-state index contributed by atoms with van der Waals surface area (Å²) in [5, 5.41) is 7.84. The summed E-state index contributed by atoms with van der Waals surface area (Å²) in [5.41, 5.74) is 1.63. The van der Waals surface area contributed by atoms with Crippen LogP contribution in [-0.2, 0) is 0 Å². The molecular weight excluding hydrogens is 164 g/mol. The number of halogens is 1. The average molecular weight is 169 g/mol. The Bertz CT molecular complexity index is 394. The van der Waals surface area contributed by atoms with Crippen molar-refractivity contribution in [3.05, 3.63) is 23.4 Å². The molecule has 0 amide bonds. The van der Waals surface area contributed by atoms with Gasteiger partial charge in [0.25, 0.3) is 0 Å². The predicted octanol–water partition coefficient (Wildman–Crippen LogP) is 1.09. The molecule has 2 rings (SSSR count). The van der Waals surface area contributed by atoms with Crippen molar-refractivity contribution in [1.82, 2.24) is 19.6 Å². The van der Waals surface area contributed by atoms with E-state index in [-0.39, 0.29) is 0 Å². The zero-order chi connectivity index (χ0) is 7.84. The third-order valence-corrected chi connectivity index (χ3v) is 1.65. The van der Waals surface area contributed by atoms with E-state index in [1.54, 1.807) is 10.7 Å². The third-order valence-electron chi connectivity index (χ3n) is 1.40. The molecule has 0 aliphatic carbocycles. The fraction of sp³-hybridized carbons (Fsp3) is 0.167. The summed E-state index contributed by atoms with van der Waals surface area (Å²) in [4.78, 5) is 4.04. The van der Waals surface area contributed by atoms with Crippen LogP contribution in [0.15, 0.2) is 12.4 Å². The van der Waals surface area contributed by atoms with Crippen LogP contribution in [0, 0.1) is 6.92 Å². The van der Waals surface area contributed by atoms with Crippen molar-refractivity contribution in [2.45, 2.75) is 6.92 Å². The fourth-order valence-corrected chi connectivity index (χ4v) is 1.03. The van der Waals surface area contributed by atoms with Crippen LogP contribution in [0.5, 0.6) is 0 Å². The molecule has 0 N–H and O–H groups in total. The Morgan fingerprint density at radius 2 is 2.27 bits per heavy atom. The summed E-state index contributed by atoms with van der Waals surface area (Å²) in [6.45, 7) is 1.89. The van der Waals surface area contributed by atoms with Gasteiger partial charge in [0.05, 0.1) is 0 Å². The molecule has 2 aromatic rings. The Labute approximate surface area is 67.8 Å². The molecule has 0 aliphatic rings. The van der Waals surface area contributed by atoms with E-state index in [1.807, 2.05) is 13.0 Å². The van der Waals surface area contributed by atoms with Crippen LogP contribution in [0.2, 0.25) is 5.28 Å². The molecule has 11 heavy (non-hydrogen) atoms. The molecule has 0 unspecified atom stereocenters. The predicted molar refractivity (Wildman–Crippen MR) is 40.5 cm³/mol. The number of aryl methyl sites for hydroxylation is 1. The van der Waals surface area contributed by atoms with Gasteiger partial charge in [-0.3, -0.25) is 4.40 Å². The zero-order valence-electron chi connectivity index (χ0n) is 5.82. The van der Waals surface area contributed by atoms with Crippen LogP contribution in [0.1, 0.15) is 5.69 Å². The van der Waals surface area contributed by atoms with Crippen molar-refractivity contribution in [2.75, 3.05) is 0 Å². The minimum atomic E-state index is 0.340. The van der Waals surface area contributed by atoms with Gasteiger partial charge in [0.1, 0.15) is 6.33 Å². The first kappa shape index (κ1) is 6.54. The second-order valence-corrected chi connectivity index (χ2v) is 2.57. The smallest absolute Gasteiger partial charge is 0.230 e. The fourth-order valence-electron chi connectivity index (χ4n) is 0.861. The van der Waals surface area contributed by atoms with E-state index in [0.29, 0.717) is 5.28 Å². The molecule has 4 nitrogen and oxygen atoms in total. The van der Waals surface area contributed by atoms with E-state index in [4.69, 9.17) is 11.6 Å². The van der Waals surface area contributed by atoms with Crippen LogP contribution >= 0.6 is 11.6 Å². The van der Waals surface area contributed by atoms with Gasteiger partial charge in [-0.15, -0.1) is 10.2 Å². The first-order chi connectivity index (χ1) is 5.27. The quantitative estimate of drug-likeness (QED) is 0.592. The Kier molecular flexibility index (Phi) is 1.29. The molecule has 0 spiro atoms. The van der Waals surface area contributed by atoms with Gasteiger partial charge in [0, 0.05) is 11.8 Å². The molecule has 0 radical (unpaired) electrons. The monoisotopic (exact) mass is 168 g/mol. The van der Waals surface area contributed by atoms with E-state index in [2.05, 4.69) is 15.2 Å². The first-order valence-electron chi connectivity index (χ1n) is 3.10. The van der Waals surface area contributed by atoms with Crippen molar-refractivity contribution in [1.29, 1.82) is 0 Å². The van der Waals surface area contributed by atoms with Gasteiger partial charge in [-0.05, 0) is 18.5 Å². The van der Waals surface area contributed by atoms with Gasteiger partial charge in [-0.25, -0.2) is 4.98 Å². The first-order valence-corrected chi connectivity index (χ1v) is 3.48. The number of rotatable bonds is 0. The average Bonchev–Trinajstić information content (AvgIpc) is 2.32. The molecule has 0 atom stereocenters. The van der Waals surface area contributed by atoms with Crippen LogP contribution in [-0.4, -0.2) is 19.6 Å². The SMILES string of the molecule is Cc1cc2nnc(Cl)n2cn1. The Balaban J connectivity index is 2.86. The van der Waals surface area contributed by atoms with E-state index in [1.165, 1.54) is 0 Å². The van der Waals surface area contributed by atoms with Crippen LogP contribution < -0.4 is 0 Å². The zero-order valence-corrected chi connectivity index (χ0v) is 6.58. The van der Waals surface area contributed by atoms with Gasteiger partial charge in [0.2, 0.25) is 5.28 Å². The molecule has 2 aromatic heterocycles. The normalized spacial score (nSPS) is 10.7. The topological polar surface area (TPSA) is 43.1 Å². The van der Waals surface area contributed by atoms with Crippen LogP contribution in [0.25, 0.3) is 5.65 Å². The van der Waals surface area contributed by atoms with Crippen molar-refractivity contribution in [3.8, 4) is 0 Å². The highest BCUT2D eigenvalue weighted by Crippen LogP contribution is 2.07. The van der Waals surface area contributed by atoms with Crippen LogP contribution in [0.4, 0.5) is 0 Å². The summed E-state index contributed by atoms with van der Waals surface area (Å²) >= 11 is 5.67. The van der Waals surface area contributed by atoms with Gasteiger partial charge in [-0.1, -0.05) is 0 Å². The number of aromatic nitrogens is 4. The van der Waals surface area contributed by atoms with Crippen molar-refractivity contribution >= 4 is 17.2 Å². The van der Waals surface area contributed by atoms with E-state index in [9.17, 15) is 0 Å². The lowest BCUT2D eigenvalue weighted by atomic mass is 10.4. The van der Waals surface area contributed by atoms with Crippen molar-refractivity contribution in [2.24, 2.45) is 0 Å².